The minimum Gasteiger partial charge on any atom is -0.478 e. The van der Waals surface area contributed by atoms with E-state index in [0.717, 1.165) is 109 Å². The molecule has 0 saturated carbocycles. The number of aromatic nitrogens is 8. The van der Waals surface area contributed by atoms with Gasteiger partial charge >= 0.3 is 0 Å². The normalized spacial score (nSPS) is 16.6. The van der Waals surface area contributed by atoms with Gasteiger partial charge in [0.05, 0.1) is 51.2 Å². The number of hydrogen-bond acceptors (Lipinski definition) is 18. The first-order chi connectivity index (χ1) is 36.9. The van der Waals surface area contributed by atoms with Crippen LogP contribution >= 0.6 is 0 Å². The van der Waals surface area contributed by atoms with E-state index in [1.165, 1.54) is 0 Å². The maximum atomic E-state index is 13.4. The lowest BCUT2D eigenvalue weighted by molar-refractivity contribution is -0.124. The van der Waals surface area contributed by atoms with Crippen molar-refractivity contribution in [3.63, 3.8) is 0 Å². The number of methoxy groups -OCH3 is 4. The fraction of sp³-hybridized carbons (Fsp3) is 0.407. The molecule has 22 nitrogen and oxygen atoms in total. The Hall–Kier alpha value is -7.60. The van der Waals surface area contributed by atoms with Crippen LogP contribution in [-0.4, -0.2) is 191 Å². The van der Waals surface area contributed by atoms with Crippen molar-refractivity contribution >= 4 is 57.6 Å². The molecule has 76 heavy (non-hydrogen) atoms. The van der Waals surface area contributed by atoms with E-state index in [9.17, 15) is 9.59 Å². The van der Waals surface area contributed by atoms with E-state index in [-0.39, 0.29) is 23.9 Å². The highest BCUT2D eigenvalue weighted by Gasteiger charge is 2.32. The molecule has 2 aliphatic heterocycles. The molecule has 0 radical (unpaired) electrons. The highest BCUT2D eigenvalue weighted by atomic mass is 16.5. The number of piperazine rings is 2. The van der Waals surface area contributed by atoms with Gasteiger partial charge in [-0.25, -0.2) is 19.9 Å². The molecule has 2 fully saturated rings. The molecule has 2 atom stereocenters. The van der Waals surface area contributed by atoms with Crippen LogP contribution in [0, 0.1) is 0 Å². The zero-order chi connectivity index (χ0) is 53.3. The van der Waals surface area contributed by atoms with E-state index in [1.807, 2.05) is 62.9 Å². The molecule has 10 rings (SSSR count). The van der Waals surface area contributed by atoms with Crippen molar-refractivity contribution in [1.29, 1.82) is 0 Å². The number of carbonyl (C=O) groups excluding carboxylic acids is 2. The van der Waals surface area contributed by atoms with Gasteiger partial charge in [0, 0.05) is 116 Å². The Morgan fingerprint density at radius 1 is 0.553 bits per heavy atom. The Morgan fingerprint density at radius 3 is 1.34 bits per heavy atom. The Bertz CT molecular complexity index is 2860. The summed E-state index contributed by atoms with van der Waals surface area (Å²) in [5.41, 5.74) is 10.9. The predicted octanol–water partition coefficient (Wildman–Crippen LogP) is 4.30. The standard InChI is InChI=1S/2C27H34N8O3/c2*1-33-12-14-35(15-13-33)24(17-37-3)25(36)29-21-7-5-6-18-19(21)8-9-20(18)22-10-11-28-27(30-22)31-23-16-34(2)32-26(23)38-4/h2*5-7,9-11,16,24H,8,12-15,17H2,1-4H3,(H,29,36)(H,28,30,31)/t2*24-/m10/s1. The molecule has 2 aliphatic carbocycles. The van der Waals surface area contributed by atoms with Crippen molar-refractivity contribution in [2.45, 2.75) is 24.9 Å². The number of amides is 2. The van der Waals surface area contributed by atoms with Crippen molar-refractivity contribution < 1.29 is 28.5 Å². The number of hydrogen-bond donors (Lipinski definition) is 4. The van der Waals surface area contributed by atoms with Gasteiger partial charge in [0.25, 0.3) is 11.8 Å². The summed E-state index contributed by atoms with van der Waals surface area (Å²) >= 11 is 0. The molecule has 400 valence electrons. The first kappa shape index (κ1) is 53.2. The number of carbonyl (C=O) groups is 2. The fourth-order valence-corrected chi connectivity index (χ4v) is 9.96. The Kier molecular flexibility index (Phi) is 17.1. The molecule has 22 heteroatoms. The zero-order valence-electron chi connectivity index (χ0n) is 44.5. The summed E-state index contributed by atoms with van der Waals surface area (Å²) in [6, 6.07) is 15.1. The average Bonchev–Trinajstić information content (AvgIpc) is 4.24. The average molecular weight is 1040 g/mol. The van der Waals surface area contributed by atoms with Gasteiger partial charge in [-0.3, -0.25) is 28.8 Å². The molecule has 6 heterocycles. The number of benzene rings is 2. The molecule has 0 unspecified atom stereocenters. The number of anilines is 6. The second kappa shape index (κ2) is 24.4. The number of nitrogens with one attached hydrogen (secondary N) is 4. The monoisotopic (exact) mass is 1040 g/mol. The first-order valence-corrected chi connectivity index (χ1v) is 25.4. The van der Waals surface area contributed by atoms with E-state index in [2.05, 4.69) is 99.4 Å². The molecule has 4 aromatic heterocycles. The third-order valence-corrected chi connectivity index (χ3v) is 14.0. The van der Waals surface area contributed by atoms with Gasteiger partial charge in [-0.1, -0.05) is 36.4 Å². The molecule has 2 aromatic carbocycles. The van der Waals surface area contributed by atoms with Gasteiger partial charge < -0.3 is 50.0 Å². The van der Waals surface area contributed by atoms with Crippen LogP contribution in [0.2, 0.25) is 0 Å². The summed E-state index contributed by atoms with van der Waals surface area (Å²) < 4.78 is 24.8. The van der Waals surface area contributed by atoms with Gasteiger partial charge in [-0.15, -0.1) is 10.2 Å². The molecule has 4 aliphatic rings. The highest BCUT2D eigenvalue weighted by molar-refractivity contribution is 5.99. The van der Waals surface area contributed by atoms with Crippen LogP contribution in [0.4, 0.5) is 34.6 Å². The number of aryl methyl sites for hydroxylation is 2. The lowest BCUT2D eigenvalue weighted by Gasteiger charge is -2.36. The third-order valence-electron chi connectivity index (χ3n) is 14.0. The Morgan fingerprint density at radius 2 is 0.961 bits per heavy atom. The molecule has 6 aromatic rings. The number of allylic oxidation sites excluding steroid dienone is 2. The van der Waals surface area contributed by atoms with E-state index in [0.29, 0.717) is 61.1 Å². The van der Waals surface area contributed by atoms with Gasteiger partial charge in [0.15, 0.2) is 0 Å². The molecule has 2 saturated heterocycles. The van der Waals surface area contributed by atoms with Crippen LogP contribution in [0.15, 0.2) is 85.5 Å². The highest BCUT2D eigenvalue weighted by Crippen LogP contribution is 2.38. The molecular formula is C54H68N16O6. The van der Waals surface area contributed by atoms with Crippen molar-refractivity contribution in [3.8, 4) is 11.8 Å². The largest absolute Gasteiger partial charge is 0.478 e. The van der Waals surface area contributed by atoms with Crippen LogP contribution in [0.3, 0.4) is 0 Å². The van der Waals surface area contributed by atoms with Crippen LogP contribution in [0.25, 0.3) is 11.1 Å². The van der Waals surface area contributed by atoms with Crippen molar-refractivity contribution in [2.75, 3.05) is 129 Å². The third kappa shape index (κ3) is 12.2. The summed E-state index contributed by atoms with van der Waals surface area (Å²) in [5, 5.41) is 21.3. The zero-order valence-corrected chi connectivity index (χ0v) is 44.5. The second-order valence-corrected chi connectivity index (χ2v) is 19.1. The summed E-state index contributed by atoms with van der Waals surface area (Å²) in [6.07, 6.45) is 12.8. The van der Waals surface area contributed by atoms with E-state index >= 15 is 0 Å². The summed E-state index contributed by atoms with van der Waals surface area (Å²) in [4.78, 5) is 54.0. The molecule has 4 N–H and O–H groups in total. The molecule has 0 bridgehead atoms. The van der Waals surface area contributed by atoms with E-state index in [1.54, 1.807) is 50.2 Å². The quantitative estimate of drug-likeness (QED) is 0.0943. The van der Waals surface area contributed by atoms with E-state index in [4.69, 9.17) is 28.9 Å². The smallest absolute Gasteiger partial charge is 0.256 e. The summed E-state index contributed by atoms with van der Waals surface area (Å²) in [6.45, 7) is 7.80. The summed E-state index contributed by atoms with van der Waals surface area (Å²) in [5.74, 6) is 1.74. The SMILES string of the molecule is COC[C@@H](C(=O)Nc1cccc2c1CC=C2c1ccnc(Nc2cn(C)nc2OC)n1)N1CCN(C)CC1.COC[C@H](C(=O)Nc1cccc2c1CC=C2c1ccnc(Nc2cn(C)nc2OC)n1)N1CCN(C)CC1. The Labute approximate surface area is 443 Å². The molecule has 0 spiro atoms. The topological polar surface area (TPSA) is 219 Å². The van der Waals surface area contributed by atoms with Gasteiger partial charge in [-0.2, -0.15) is 0 Å². The van der Waals surface area contributed by atoms with Gasteiger partial charge in [0.2, 0.25) is 23.7 Å². The number of ether oxygens (including phenoxy) is 4. The van der Waals surface area contributed by atoms with Crippen molar-refractivity contribution in [1.82, 2.24) is 59.1 Å². The van der Waals surface area contributed by atoms with Gasteiger partial charge in [-0.05, 0) is 73.5 Å². The van der Waals surface area contributed by atoms with Crippen molar-refractivity contribution in [2.24, 2.45) is 14.1 Å². The fourth-order valence-electron chi connectivity index (χ4n) is 9.96. The number of likely N-dealkylation sites (N-methyl/N-ethyl adjacent to an activating group) is 2. The van der Waals surface area contributed by atoms with Crippen LogP contribution in [0.1, 0.15) is 33.6 Å². The lowest BCUT2D eigenvalue weighted by atomic mass is 10.0. The first-order valence-electron chi connectivity index (χ1n) is 25.4. The van der Waals surface area contributed by atoms with Crippen LogP contribution in [0.5, 0.6) is 11.8 Å². The number of rotatable bonds is 18. The minimum absolute atomic E-state index is 0.0443. The van der Waals surface area contributed by atoms with Crippen LogP contribution < -0.4 is 30.7 Å². The maximum absolute atomic E-state index is 13.4. The number of nitrogens with zero attached hydrogens (tertiary/aromatic N) is 12. The Balaban J connectivity index is 0.000000186. The summed E-state index contributed by atoms with van der Waals surface area (Å²) in [7, 11) is 14.3. The molecule has 2 amide bonds. The maximum Gasteiger partial charge on any atom is 0.256 e. The minimum atomic E-state index is -0.335. The predicted molar refractivity (Wildman–Crippen MR) is 291 cm³/mol. The van der Waals surface area contributed by atoms with Crippen LogP contribution in [-0.2, 0) is 46.0 Å². The number of fused-ring (bicyclic) bond motifs is 2. The van der Waals surface area contributed by atoms with Crippen molar-refractivity contribution in [3.05, 3.63) is 119 Å². The lowest BCUT2D eigenvalue weighted by Crippen LogP contribution is -2.54. The second-order valence-electron chi connectivity index (χ2n) is 19.1. The van der Waals surface area contributed by atoms with Gasteiger partial charge in [0.1, 0.15) is 23.5 Å². The van der Waals surface area contributed by atoms with E-state index < -0.39 is 0 Å². The molecular weight excluding hydrogens is 969 g/mol.